The lowest BCUT2D eigenvalue weighted by atomic mass is 10.2. The second-order valence-corrected chi connectivity index (χ2v) is 6.13. The zero-order valence-corrected chi connectivity index (χ0v) is 13.1. The number of oxime groups is 1. The fraction of sp³-hybridized carbons (Fsp3) is 0. The van der Waals surface area contributed by atoms with Crippen molar-refractivity contribution in [2.75, 3.05) is 0 Å². The molecule has 0 aliphatic rings. The highest BCUT2D eigenvalue weighted by Crippen LogP contribution is 2.35. The Morgan fingerprint density at radius 1 is 1.35 bits per heavy atom. The van der Waals surface area contributed by atoms with Gasteiger partial charge in [-0.1, -0.05) is 34.6 Å². The average molecular weight is 376 g/mol. The summed E-state index contributed by atoms with van der Waals surface area (Å²) in [5.74, 6) is -0.630. The number of nitrogens with two attached hydrogens (primary N) is 1. The molecule has 2 rings (SSSR count). The van der Waals surface area contributed by atoms with Gasteiger partial charge in [0, 0.05) is 20.4 Å². The van der Waals surface area contributed by atoms with Gasteiger partial charge in [0.2, 0.25) is 0 Å². The molecule has 0 aliphatic carbocycles. The first kappa shape index (κ1) is 15.2. The molecule has 0 amide bonds. The third kappa shape index (κ3) is 3.26. The molecule has 104 valence electrons. The fourth-order valence-corrected chi connectivity index (χ4v) is 3.37. The van der Waals surface area contributed by atoms with Gasteiger partial charge in [0.1, 0.15) is 0 Å². The first-order chi connectivity index (χ1) is 9.52. The Hall–Kier alpha value is -1.24. The number of rotatable bonds is 3. The number of hydrogen-bond acceptors (Lipinski definition) is 3. The highest BCUT2D eigenvalue weighted by Gasteiger charge is 2.14. The average Bonchev–Trinajstić information content (AvgIpc) is 2.43. The van der Waals surface area contributed by atoms with Gasteiger partial charge in [-0.25, -0.2) is 4.39 Å². The Labute approximate surface area is 132 Å². The van der Waals surface area contributed by atoms with Crippen LogP contribution in [0.2, 0.25) is 5.02 Å². The largest absolute Gasteiger partial charge is 0.409 e. The van der Waals surface area contributed by atoms with Crippen molar-refractivity contribution in [1.29, 1.82) is 0 Å². The maximum Gasteiger partial charge on any atom is 0.171 e. The van der Waals surface area contributed by atoms with Crippen LogP contribution in [0.3, 0.4) is 0 Å². The van der Waals surface area contributed by atoms with Gasteiger partial charge in [0.25, 0.3) is 0 Å². The summed E-state index contributed by atoms with van der Waals surface area (Å²) < 4.78 is 14.4. The summed E-state index contributed by atoms with van der Waals surface area (Å²) in [6.45, 7) is 0. The summed E-state index contributed by atoms with van der Waals surface area (Å²) in [4.78, 5) is 1.23. The van der Waals surface area contributed by atoms with Crippen LogP contribution < -0.4 is 5.73 Å². The molecule has 0 fully saturated rings. The van der Waals surface area contributed by atoms with Crippen LogP contribution in [-0.4, -0.2) is 11.0 Å². The predicted octanol–water partition coefficient (Wildman–Crippen LogP) is 4.49. The van der Waals surface area contributed by atoms with Gasteiger partial charge < -0.3 is 10.9 Å². The Bertz CT molecular complexity index is 681. The Morgan fingerprint density at radius 2 is 2.10 bits per heavy atom. The number of amidine groups is 1. The third-order valence-electron chi connectivity index (χ3n) is 2.45. The monoisotopic (exact) mass is 374 g/mol. The topological polar surface area (TPSA) is 58.6 Å². The molecule has 3 N–H and O–H groups in total. The molecule has 0 atom stereocenters. The summed E-state index contributed by atoms with van der Waals surface area (Å²) >= 11 is 10.2. The molecule has 0 saturated carbocycles. The molecule has 7 heteroatoms. The van der Waals surface area contributed by atoms with E-state index in [1.165, 1.54) is 11.8 Å². The molecule has 0 unspecified atom stereocenters. The number of nitrogens with zero attached hydrogens (tertiary/aromatic N) is 1. The van der Waals surface area contributed by atoms with E-state index in [9.17, 15) is 4.39 Å². The van der Waals surface area contributed by atoms with Crippen LogP contribution in [0.1, 0.15) is 5.56 Å². The van der Waals surface area contributed by atoms with E-state index in [1.54, 1.807) is 30.3 Å². The van der Waals surface area contributed by atoms with Crippen molar-refractivity contribution >= 4 is 45.1 Å². The molecular formula is C13H9BrClFN2OS. The molecule has 0 aromatic heterocycles. The number of halogens is 3. The first-order valence-electron chi connectivity index (χ1n) is 5.42. The van der Waals surface area contributed by atoms with Crippen LogP contribution in [0.5, 0.6) is 0 Å². The molecule has 0 aliphatic heterocycles. The highest BCUT2D eigenvalue weighted by atomic mass is 79.9. The molecule has 0 radical (unpaired) electrons. The molecule has 3 nitrogen and oxygen atoms in total. The van der Waals surface area contributed by atoms with Crippen molar-refractivity contribution in [2.24, 2.45) is 10.9 Å². The summed E-state index contributed by atoms with van der Waals surface area (Å²) in [6.07, 6.45) is 0. The van der Waals surface area contributed by atoms with Crippen LogP contribution in [0.15, 0.2) is 55.8 Å². The molecule has 0 bridgehead atoms. The van der Waals surface area contributed by atoms with Crippen molar-refractivity contribution < 1.29 is 9.60 Å². The quantitative estimate of drug-likeness (QED) is 0.360. The normalized spacial score (nSPS) is 11.7. The lowest BCUT2D eigenvalue weighted by Crippen LogP contribution is -2.14. The van der Waals surface area contributed by atoms with Crippen LogP contribution in [-0.2, 0) is 0 Å². The number of hydrogen-bond donors (Lipinski definition) is 2. The van der Waals surface area contributed by atoms with E-state index >= 15 is 0 Å². The van der Waals surface area contributed by atoms with Gasteiger partial charge in [-0.3, -0.25) is 0 Å². The summed E-state index contributed by atoms with van der Waals surface area (Å²) in [6, 6.07) is 10.3. The van der Waals surface area contributed by atoms with Crippen LogP contribution in [0, 0.1) is 5.82 Å². The predicted molar refractivity (Wildman–Crippen MR) is 82.2 cm³/mol. The molecule has 0 heterocycles. The minimum Gasteiger partial charge on any atom is -0.409 e. The van der Waals surface area contributed by atoms with E-state index in [2.05, 4.69) is 21.1 Å². The van der Waals surface area contributed by atoms with Crippen LogP contribution >= 0.6 is 39.3 Å². The van der Waals surface area contributed by atoms with Crippen molar-refractivity contribution in [3.63, 3.8) is 0 Å². The van der Waals surface area contributed by atoms with Gasteiger partial charge in [-0.2, -0.15) is 0 Å². The summed E-state index contributed by atoms with van der Waals surface area (Å²) in [5, 5.41) is 12.1. The van der Waals surface area contributed by atoms with Crippen molar-refractivity contribution in [2.45, 2.75) is 9.79 Å². The van der Waals surface area contributed by atoms with Gasteiger partial charge in [0.05, 0.1) is 4.47 Å². The van der Waals surface area contributed by atoms with Gasteiger partial charge in [-0.05, 0) is 46.3 Å². The Balaban J connectivity index is 2.37. The summed E-state index contributed by atoms with van der Waals surface area (Å²) in [5.41, 5.74) is 5.76. The maximum absolute atomic E-state index is 14.3. The smallest absolute Gasteiger partial charge is 0.171 e. The zero-order chi connectivity index (χ0) is 14.7. The molecule has 2 aromatic carbocycles. The van der Waals surface area contributed by atoms with Gasteiger partial charge in [0.15, 0.2) is 11.7 Å². The minimum absolute atomic E-state index is 0.153. The lowest BCUT2D eigenvalue weighted by Gasteiger charge is -2.08. The second-order valence-electron chi connectivity index (χ2n) is 3.78. The highest BCUT2D eigenvalue weighted by molar-refractivity contribution is 9.10. The van der Waals surface area contributed by atoms with Crippen molar-refractivity contribution in [1.82, 2.24) is 0 Å². The maximum atomic E-state index is 14.3. The molecule has 20 heavy (non-hydrogen) atoms. The van der Waals surface area contributed by atoms with Crippen molar-refractivity contribution in [3.8, 4) is 0 Å². The van der Waals surface area contributed by atoms with Gasteiger partial charge >= 0.3 is 0 Å². The van der Waals surface area contributed by atoms with Gasteiger partial charge in [-0.15, -0.1) is 0 Å². The van der Waals surface area contributed by atoms with E-state index in [1.807, 2.05) is 6.07 Å². The van der Waals surface area contributed by atoms with Crippen LogP contribution in [0.25, 0.3) is 0 Å². The Kier molecular flexibility index (Phi) is 4.91. The SMILES string of the molecule is N/C(=N/O)c1ccc(Sc2cccc(Cl)c2)c(F)c1Br. The first-order valence-corrected chi connectivity index (χ1v) is 7.41. The van der Waals surface area contributed by atoms with E-state index in [0.717, 1.165) is 4.90 Å². The standard InChI is InChI=1S/C13H9BrClFN2OS/c14-11-9(13(17)18-19)4-5-10(12(11)16)20-8-3-1-2-7(15)6-8/h1-6,19H,(H2,17,18). The van der Waals surface area contributed by atoms with E-state index in [0.29, 0.717) is 15.5 Å². The minimum atomic E-state index is -0.473. The van der Waals surface area contributed by atoms with E-state index in [-0.39, 0.29) is 10.3 Å². The van der Waals surface area contributed by atoms with E-state index < -0.39 is 5.82 Å². The van der Waals surface area contributed by atoms with Crippen LogP contribution in [0.4, 0.5) is 4.39 Å². The Morgan fingerprint density at radius 3 is 2.75 bits per heavy atom. The molecular weight excluding hydrogens is 367 g/mol. The molecule has 2 aromatic rings. The second kappa shape index (κ2) is 6.47. The molecule has 0 saturated heterocycles. The number of benzene rings is 2. The van der Waals surface area contributed by atoms with Crippen molar-refractivity contribution in [3.05, 3.63) is 57.3 Å². The molecule has 0 spiro atoms. The van der Waals surface area contributed by atoms with E-state index in [4.69, 9.17) is 22.5 Å². The fourth-order valence-electron chi connectivity index (χ4n) is 1.52. The zero-order valence-electron chi connectivity index (χ0n) is 9.98. The lowest BCUT2D eigenvalue weighted by molar-refractivity contribution is 0.318. The third-order valence-corrected chi connectivity index (χ3v) is 4.49. The summed E-state index contributed by atoms with van der Waals surface area (Å²) in [7, 11) is 0.